The van der Waals surface area contributed by atoms with Gasteiger partial charge in [-0.2, -0.15) is 0 Å². The molecule has 0 aromatic heterocycles. The summed E-state index contributed by atoms with van der Waals surface area (Å²) in [5.74, 6) is 0. The van der Waals surface area contributed by atoms with E-state index in [4.69, 9.17) is 10.2 Å². The van der Waals surface area contributed by atoms with Crippen molar-refractivity contribution in [1.82, 2.24) is 0 Å². The maximum Gasteiger partial charge on any atom is 0.166 e. The fourth-order valence-corrected chi connectivity index (χ4v) is 2.02. The Labute approximate surface area is 80.2 Å². The monoisotopic (exact) mass is 200 g/mol. The van der Waals surface area contributed by atoms with Gasteiger partial charge in [-0.05, 0) is 23.3 Å². The summed E-state index contributed by atoms with van der Waals surface area (Å²) in [5.41, 5.74) is 0. The SMILES string of the molecule is [O-][S+](c1ccccc1)C(CO)CO. The predicted molar refractivity (Wildman–Crippen MR) is 50.8 cm³/mol. The zero-order valence-electron chi connectivity index (χ0n) is 7.09. The molecular formula is C9H12O3S. The number of hydrogen-bond donors (Lipinski definition) is 2. The standard InChI is InChI=1S/C9H12O3S/c10-6-9(7-11)13(12)8-4-2-1-3-5-8/h1-5,9-11H,6-7H2. The first-order valence-electron chi connectivity index (χ1n) is 3.97. The Morgan fingerprint density at radius 1 is 1.15 bits per heavy atom. The number of aliphatic hydroxyl groups excluding tert-OH is 2. The molecule has 0 aliphatic heterocycles. The Morgan fingerprint density at radius 3 is 2.15 bits per heavy atom. The van der Waals surface area contributed by atoms with Crippen LogP contribution < -0.4 is 0 Å². The van der Waals surface area contributed by atoms with Gasteiger partial charge in [-0.1, -0.05) is 18.2 Å². The Kier molecular flexibility index (Phi) is 4.24. The van der Waals surface area contributed by atoms with E-state index in [0.717, 1.165) is 0 Å². The van der Waals surface area contributed by atoms with Crippen LogP contribution in [0.2, 0.25) is 0 Å². The van der Waals surface area contributed by atoms with Crippen LogP contribution in [0.1, 0.15) is 0 Å². The van der Waals surface area contributed by atoms with Gasteiger partial charge in [0.05, 0.1) is 13.2 Å². The van der Waals surface area contributed by atoms with Gasteiger partial charge < -0.3 is 14.8 Å². The molecule has 2 N–H and O–H groups in total. The smallest absolute Gasteiger partial charge is 0.166 e. The van der Waals surface area contributed by atoms with E-state index < -0.39 is 16.4 Å². The topological polar surface area (TPSA) is 63.5 Å². The molecule has 0 aliphatic rings. The van der Waals surface area contributed by atoms with E-state index >= 15 is 0 Å². The Bertz CT molecular complexity index is 236. The maximum atomic E-state index is 11.6. The van der Waals surface area contributed by atoms with Gasteiger partial charge in [-0.15, -0.1) is 0 Å². The highest BCUT2D eigenvalue weighted by Crippen LogP contribution is 2.14. The van der Waals surface area contributed by atoms with E-state index in [1.165, 1.54) is 0 Å². The highest BCUT2D eigenvalue weighted by atomic mass is 32.2. The van der Waals surface area contributed by atoms with Gasteiger partial charge in [0.1, 0.15) is 0 Å². The van der Waals surface area contributed by atoms with Gasteiger partial charge in [0.2, 0.25) is 0 Å². The molecule has 3 nitrogen and oxygen atoms in total. The summed E-state index contributed by atoms with van der Waals surface area (Å²) in [5, 5.41) is 17.0. The molecule has 0 spiro atoms. The van der Waals surface area contributed by atoms with Gasteiger partial charge in [0, 0.05) is 0 Å². The third kappa shape index (κ3) is 2.70. The lowest BCUT2D eigenvalue weighted by molar-refractivity contribution is 0.223. The first-order valence-corrected chi connectivity index (χ1v) is 5.18. The van der Waals surface area contributed by atoms with Crippen molar-refractivity contribution in [3.8, 4) is 0 Å². The second-order valence-corrected chi connectivity index (χ2v) is 4.33. The van der Waals surface area contributed by atoms with Crippen molar-refractivity contribution in [2.24, 2.45) is 0 Å². The normalized spacial score (nSPS) is 13.2. The quantitative estimate of drug-likeness (QED) is 0.680. The van der Waals surface area contributed by atoms with Gasteiger partial charge in [-0.25, -0.2) is 0 Å². The molecule has 0 fully saturated rings. The summed E-state index contributed by atoms with van der Waals surface area (Å²) in [7, 11) is 0. The van der Waals surface area contributed by atoms with Gasteiger partial charge in [0.15, 0.2) is 10.1 Å². The number of aliphatic hydroxyl groups is 2. The lowest BCUT2D eigenvalue weighted by atomic mass is 10.4. The second kappa shape index (κ2) is 5.24. The molecule has 1 aromatic carbocycles. The summed E-state index contributed by atoms with van der Waals surface area (Å²) in [6.07, 6.45) is 0. The van der Waals surface area contributed by atoms with E-state index in [9.17, 15) is 4.55 Å². The lowest BCUT2D eigenvalue weighted by Crippen LogP contribution is -2.28. The molecule has 1 aromatic rings. The Morgan fingerprint density at radius 2 is 1.69 bits per heavy atom. The van der Waals surface area contributed by atoms with E-state index in [-0.39, 0.29) is 13.2 Å². The van der Waals surface area contributed by atoms with Crippen LogP contribution in [0.15, 0.2) is 35.2 Å². The second-order valence-electron chi connectivity index (χ2n) is 2.60. The van der Waals surface area contributed by atoms with Crippen LogP contribution in [-0.2, 0) is 11.2 Å². The summed E-state index contributed by atoms with van der Waals surface area (Å²) in [6.45, 7) is -0.532. The average Bonchev–Trinajstić information content (AvgIpc) is 2.21. The summed E-state index contributed by atoms with van der Waals surface area (Å²) < 4.78 is 11.6. The molecular weight excluding hydrogens is 188 g/mol. The highest BCUT2D eigenvalue weighted by molar-refractivity contribution is 7.92. The fourth-order valence-electron chi connectivity index (χ4n) is 0.940. The first kappa shape index (κ1) is 10.5. The molecule has 4 heteroatoms. The Hall–Kier alpha value is -0.550. The number of rotatable bonds is 4. The average molecular weight is 200 g/mol. The lowest BCUT2D eigenvalue weighted by Gasteiger charge is -2.17. The number of benzene rings is 1. The van der Waals surface area contributed by atoms with Crippen molar-refractivity contribution >= 4 is 11.2 Å². The molecule has 0 amide bonds. The van der Waals surface area contributed by atoms with Crippen LogP contribution in [0.4, 0.5) is 0 Å². The Balaban J connectivity index is 2.72. The first-order chi connectivity index (χ1) is 6.29. The van der Waals surface area contributed by atoms with Crippen LogP contribution in [0.25, 0.3) is 0 Å². The van der Waals surface area contributed by atoms with Gasteiger partial charge >= 0.3 is 0 Å². The summed E-state index contributed by atoms with van der Waals surface area (Å²) in [4.78, 5) is 0.635. The van der Waals surface area contributed by atoms with Crippen LogP contribution in [0.3, 0.4) is 0 Å². The minimum Gasteiger partial charge on any atom is -0.611 e. The van der Waals surface area contributed by atoms with Crippen molar-refractivity contribution in [3.63, 3.8) is 0 Å². The third-order valence-electron chi connectivity index (χ3n) is 1.69. The molecule has 1 atom stereocenters. The largest absolute Gasteiger partial charge is 0.611 e. The minimum atomic E-state index is -1.32. The van der Waals surface area contributed by atoms with Crippen molar-refractivity contribution in [1.29, 1.82) is 0 Å². The fraction of sp³-hybridized carbons (Fsp3) is 0.333. The van der Waals surface area contributed by atoms with E-state index in [1.807, 2.05) is 6.07 Å². The van der Waals surface area contributed by atoms with Gasteiger partial charge in [-0.3, -0.25) is 0 Å². The van der Waals surface area contributed by atoms with Crippen LogP contribution in [0.5, 0.6) is 0 Å². The zero-order chi connectivity index (χ0) is 9.68. The molecule has 72 valence electrons. The molecule has 0 saturated carbocycles. The highest BCUT2D eigenvalue weighted by Gasteiger charge is 2.22. The van der Waals surface area contributed by atoms with Crippen LogP contribution >= 0.6 is 0 Å². The van der Waals surface area contributed by atoms with Crippen LogP contribution in [-0.4, -0.2) is 33.2 Å². The molecule has 0 heterocycles. The minimum absolute atomic E-state index is 0.266. The van der Waals surface area contributed by atoms with E-state index in [0.29, 0.717) is 4.90 Å². The molecule has 13 heavy (non-hydrogen) atoms. The third-order valence-corrected chi connectivity index (χ3v) is 3.33. The van der Waals surface area contributed by atoms with Crippen molar-refractivity contribution in [2.75, 3.05) is 13.2 Å². The van der Waals surface area contributed by atoms with Crippen molar-refractivity contribution in [3.05, 3.63) is 30.3 Å². The maximum absolute atomic E-state index is 11.6. The molecule has 0 saturated heterocycles. The molecule has 0 bridgehead atoms. The van der Waals surface area contributed by atoms with E-state index in [2.05, 4.69) is 0 Å². The zero-order valence-corrected chi connectivity index (χ0v) is 7.91. The summed E-state index contributed by atoms with van der Waals surface area (Å²) in [6, 6.07) is 8.81. The molecule has 1 unspecified atom stereocenters. The molecule has 0 aliphatic carbocycles. The predicted octanol–water partition coefficient (Wildman–Crippen LogP) is 0.147. The molecule has 0 radical (unpaired) electrons. The van der Waals surface area contributed by atoms with E-state index in [1.54, 1.807) is 24.3 Å². The number of hydrogen-bond acceptors (Lipinski definition) is 3. The summed E-state index contributed by atoms with van der Waals surface area (Å²) >= 11 is -1.32. The van der Waals surface area contributed by atoms with Gasteiger partial charge in [0.25, 0.3) is 0 Å². The molecule has 1 rings (SSSR count). The van der Waals surface area contributed by atoms with Crippen molar-refractivity contribution in [2.45, 2.75) is 10.1 Å². The van der Waals surface area contributed by atoms with Crippen molar-refractivity contribution < 1.29 is 14.8 Å². The van der Waals surface area contributed by atoms with Crippen LogP contribution in [0, 0.1) is 0 Å².